The molecule has 0 amide bonds. The Hall–Kier alpha value is -0.830. The molecule has 3 heteroatoms. The summed E-state index contributed by atoms with van der Waals surface area (Å²) in [5.41, 5.74) is 0.743. The Balaban J connectivity index is 0. The fraction of sp³-hybridized carbons (Fsp3) is 0.538. The Labute approximate surface area is 104 Å². The van der Waals surface area contributed by atoms with E-state index in [0.717, 1.165) is 10.6 Å². The van der Waals surface area contributed by atoms with Crippen LogP contribution in [0.15, 0.2) is 23.4 Å². The van der Waals surface area contributed by atoms with E-state index in [9.17, 15) is 4.79 Å². The lowest BCUT2D eigenvalue weighted by Gasteiger charge is -2.01. The molecule has 0 aliphatic rings. The van der Waals surface area contributed by atoms with Gasteiger partial charge in [0.2, 0.25) is 0 Å². The van der Waals surface area contributed by atoms with E-state index >= 15 is 0 Å². The lowest BCUT2D eigenvalue weighted by atomic mass is 10.1. The molecular formula is C13H23NOS. The molecule has 0 saturated carbocycles. The van der Waals surface area contributed by atoms with E-state index in [-0.39, 0.29) is 5.78 Å². The maximum Gasteiger partial charge on any atom is 0.165 e. The van der Waals surface area contributed by atoms with Gasteiger partial charge in [-0.1, -0.05) is 34.6 Å². The monoisotopic (exact) mass is 241 g/mol. The summed E-state index contributed by atoms with van der Waals surface area (Å²) < 4.78 is 0. The van der Waals surface area contributed by atoms with Gasteiger partial charge in [-0.2, -0.15) is 0 Å². The summed E-state index contributed by atoms with van der Waals surface area (Å²) in [4.78, 5) is 15.4. The van der Waals surface area contributed by atoms with Crippen LogP contribution >= 0.6 is 11.8 Å². The number of aromatic nitrogens is 1. The number of ketones is 1. The lowest BCUT2D eigenvalue weighted by molar-refractivity contribution is 0.0984. The minimum absolute atomic E-state index is 0.160. The van der Waals surface area contributed by atoms with Gasteiger partial charge in [0, 0.05) is 18.2 Å². The van der Waals surface area contributed by atoms with Crippen LogP contribution in [-0.2, 0) is 0 Å². The summed E-state index contributed by atoms with van der Waals surface area (Å²) in [5.74, 6) is 0.160. The number of thioether (sulfide) groups is 1. The summed E-state index contributed by atoms with van der Waals surface area (Å²) in [6.45, 7) is 9.86. The van der Waals surface area contributed by atoms with Crippen LogP contribution in [0.2, 0.25) is 0 Å². The Morgan fingerprint density at radius 2 is 1.88 bits per heavy atom. The molecule has 0 unspecified atom stereocenters. The van der Waals surface area contributed by atoms with Gasteiger partial charge in [0.1, 0.15) is 5.03 Å². The fourth-order valence-electron chi connectivity index (χ4n) is 0.956. The van der Waals surface area contributed by atoms with Crippen LogP contribution in [0.4, 0.5) is 0 Å². The third-order valence-electron chi connectivity index (χ3n) is 1.59. The molecular weight excluding hydrogens is 218 g/mol. The van der Waals surface area contributed by atoms with E-state index in [1.807, 2.05) is 46.9 Å². The van der Waals surface area contributed by atoms with Gasteiger partial charge < -0.3 is 0 Å². The van der Waals surface area contributed by atoms with Crippen molar-refractivity contribution in [2.75, 3.05) is 6.26 Å². The highest BCUT2D eigenvalue weighted by Gasteiger charge is 2.08. The molecule has 0 radical (unpaired) electrons. The number of hydrogen-bond donors (Lipinski definition) is 0. The van der Waals surface area contributed by atoms with E-state index in [4.69, 9.17) is 0 Å². The highest BCUT2D eigenvalue weighted by Crippen LogP contribution is 2.17. The number of rotatable bonds is 3. The predicted octanol–water partition coefficient (Wildman–Crippen LogP) is 4.45. The second-order valence-electron chi connectivity index (χ2n) is 2.34. The molecule has 0 bridgehead atoms. The van der Waals surface area contributed by atoms with Crippen molar-refractivity contribution in [2.24, 2.45) is 0 Å². The SMILES string of the molecule is CC.CC.CCC(=O)c1cccnc1SC. The van der Waals surface area contributed by atoms with Gasteiger partial charge in [0.05, 0.1) is 0 Å². The third-order valence-corrected chi connectivity index (χ3v) is 2.30. The average Bonchev–Trinajstić information content (AvgIpc) is 2.42. The normalized spacial score (nSPS) is 8.12. The molecule has 0 atom stereocenters. The van der Waals surface area contributed by atoms with Crippen LogP contribution in [0, 0.1) is 0 Å². The summed E-state index contributed by atoms with van der Waals surface area (Å²) in [5, 5.41) is 0.823. The molecule has 92 valence electrons. The molecule has 1 heterocycles. The van der Waals surface area contributed by atoms with Crippen molar-refractivity contribution in [2.45, 2.75) is 46.1 Å². The van der Waals surface area contributed by atoms with E-state index in [1.54, 1.807) is 12.3 Å². The smallest absolute Gasteiger partial charge is 0.165 e. The lowest BCUT2D eigenvalue weighted by Crippen LogP contribution is -1.99. The van der Waals surface area contributed by atoms with Gasteiger partial charge in [-0.05, 0) is 18.4 Å². The minimum Gasteiger partial charge on any atom is -0.294 e. The largest absolute Gasteiger partial charge is 0.294 e. The molecule has 0 aliphatic carbocycles. The maximum atomic E-state index is 11.3. The van der Waals surface area contributed by atoms with E-state index in [1.165, 1.54) is 11.8 Å². The summed E-state index contributed by atoms with van der Waals surface area (Å²) in [6.07, 6.45) is 4.17. The number of carbonyl (C=O) groups is 1. The van der Waals surface area contributed by atoms with Crippen LogP contribution in [-0.4, -0.2) is 17.0 Å². The van der Waals surface area contributed by atoms with Gasteiger partial charge in [0.25, 0.3) is 0 Å². The highest BCUT2D eigenvalue weighted by atomic mass is 32.2. The van der Waals surface area contributed by atoms with E-state index in [2.05, 4.69) is 4.98 Å². The zero-order valence-electron chi connectivity index (χ0n) is 11.2. The first-order valence-electron chi connectivity index (χ1n) is 5.81. The van der Waals surface area contributed by atoms with Gasteiger partial charge in [0.15, 0.2) is 5.78 Å². The van der Waals surface area contributed by atoms with Crippen LogP contribution < -0.4 is 0 Å². The quantitative estimate of drug-likeness (QED) is 0.578. The van der Waals surface area contributed by atoms with Gasteiger partial charge >= 0.3 is 0 Å². The Kier molecular flexibility index (Phi) is 13.4. The molecule has 0 aromatic carbocycles. The number of Topliss-reactive ketones (excluding diaryl/α,β-unsaturated/α-hetero) is 1. The summed E-state index contributed by atoms with van der Waals surface area (Å²) in [6, 6.07) is 3.62. The maximum absolute atomic E-state index is 11.3. The molecule has 0 fully saturated rings. The van der Waals surface area contributed by atoms with Crippen molar-refractivity contribution in [3.8, 4) is 0 Å². The molecule has 0 saturated heterocycles. The van der Waals surface area contributed by atoms with Crippen LogP contribution in [0.25, 0.3) is 0 Å². The van der Waals surface area contributed by atoms with E-state index < -0.39 is 0 Å². The number of hydrogen-bond acceptors (Lipinski definition) is 3. The standard InChI is InChI=1S/C9H11NOS.2C2H6/c1-3-8(11)7-5-4-6-10-9(7)12-2;2*1-2/h4-6H,3H2,1-2H3;2*1-2H3. The van der Waals surface area contributed by atoms with Gasteiger partial charge in [-0.15, -0.1) is 11.8 Å². The zero-order valence-corrected chi connectivity index (χ0v) is 12.0. The Morgan fingerprint density at radius 1 is 1.31 bits per heavy atom. The highest BCUT2D eigenvalue weighted by molar-refractivity contribution is 7.98. The first kappa shape index (κ1) is 17.6. The van der Waals surface area contributed by atoms with Crippen LogP contribution in [0.3, 0.4) is 0 Å². The molecule has 0 N–H and O–H groups in total. The van der Waals surface area contributed by atoms with Crippen molar-refractivity contribution in [1.82, 2.24) is 4.98 Å². The van der Waals surface area contributed by atoms with Crippen molar-refractivity contribution < 1.29 is 4.79 Å². The van der Waals surface area contributed by atoms with Gasteiger partial charge in [-0.25, -0.2) is 4.98 Å². The third kappa shape index (κ3) is 5.91. The second-order valence-corrected chi connectivity index (χ2v) is 3.13. The first-order chi connectivity index (χ1) is 7.79. The topological polar surface area (TPSA) is 30.0 Å². The molecule has 0 spiro atoms. The van der Waals surface area contributed by atoms with Crippen molar-refractivity contribution >= 4 is 17.5 Å². The molecule has 1 aromatic rings. The number of nitrogens with zero attached hydrogens (tertiary/aromatic N) is 1. The van der Waals surface area contributed by atoms with Crippen molar-refractivity contribution in [3.05, 3.63) is 23.9 Å². The average molecular weight is 241 g/mol. The first-order valence-corrected chi connectivity index (χ1v) is 7.04. The summed E-state index contributed by atoms with van der Waals surface area (Å²) in [7, 11) is 0. The zero-order chi connectivity index (χ0) is 13.0. The van der Waals surface area contributed by atoms with Gasteiger partial charge in [-0.3, -0.25) is 4.79 Å². The predicted molar refractivity (Wildman–Crippen MR) is 73.3 cm³/mol. The van der Waals surface area contributed by atoms with Crippen LogP contribution in [0.5, 0.6) is 0 Å². The van der Waals surface area contributed by atoms with E-state index in [0.29, 0.717) is 6.42 Å². The Morgan fingerprint density at radius 3 is 2.31 bits per heavy atom. The molecule has 1 rings (SSSR count). The molecule has 1 aromatic heterocycles. The van der Waals surface area contributed by atoms with Crippen molar-refractivity contribution in [1.29, 1.82) is 0 Å². The van der Waals surface area contributed by atoms with Crippen molar-refractivity contribution in [3.63, 3.8) is 0 Å². The number of pyridine rings is 1. The second kappa shape index (κ2) is 12.2. The minimum atomic E-state index is 0.160. The van der Waals surface area contributed by atoms with Crippen LogP contribution in [0.1, 0.15) is 51.4 Å². The molecule has 16 heavy (non-hydrogen) atoms. The summed E-state index contributed by atoms with van der Waals surface area (Å²) >= 11 is 1.51. The molecule has 2 nitrogen and oxygen atoms in total. The molecule has 0 aliphatic heterocycles. The number of carbonyl (C=O) groups excluding carboxylic acids is 1. The Bertz CT molecular complexity index is 287. The fourth-order valence-corrected chi connectivity index (χ4v) is 1.52.